The molecule has 0 saturated carbocycles. The standard InChI is InChI=1S/C16H22N2O4/c1-4-11(9-15(19)20)12-6-7-13(10(3)22-5-2)14(8-12)18-16(17)21/h6-10H,4-5H2,1-3H3,(H,19,20)(H3,17,18,21)/b11-9+/t10-/m1/s1. The van der Waals surface area contributed by atoms with Gasteiger partial charge in [-0.15, -0.1) is 0 Å². The van der Waals surface area contributed by atoms with Crippen molar-refractivity contribution >= 4 is 23.3 Å². The monoisotopic (exact) mass is 306 g/mol. The van der Waals surface area contributed by atoms with E-state index in [-0.39, 0.29) is 6.10 Å². The number of allylic oxidation sites excluding steroid dienone is 1. The highest BCUT2D eigenvalue weighted by Crippen LogP contribution is 2.30. The largest absolute Gasteiger partial charge is 0.478 e. The smallest absolute Gasteiger partial charge is 0.328 e. The molecule has 6 heteroatoms. The molecule has 0 aliphatic carbocycles. The van der Waals surface area contributed by atoms with Gasteiger partial charge in [0.25, 0.3) is 0 Å². The molecule has 0 fully saturated rings. The van der Waals surface area contributed by atoms with Crippen LogP contribution in [0.1, 0.15) is 44.4 Å². The lowest BCUT2D eigenvalue weighted by Crippen LogP contribution is -2.21. The highest BCUT2D eigenvalue weighted by atomic mass is 16.5. The van der Waals surface area contributed by atoms with Crippen LogP contribution >= 0.6 is 0 Å². The van der Waals surface area contributed by atoms with Crippen molar-refractivity contribution in [1.82, 2.24) is 0 Å². The van der Waals surface area contributed by atoms with Gasteiger partial charge in [0.2, 0.25) is 0 Å². The summed E-state index contributed by atoms with van der Waals surface area (Å²) in [6.07, 6.45) is 1.51. The topological polar surface area (TPSA) is 102 Å². The fraction of sp³-hybridized carbons (Fsp3) is 0.375. The number of carbonyl (C=O) groups is 2. The third kappa shape index (κ3) is 4.89. The average Bonchev–Trinajstić information content (AvgIpc) is 2.44. The first-order valence-electron chi connectivity index (χ1n) is 7.14. The van der Waals surface area contributed by atoms with E-state index in [9.17, 15) is 9.59 Å². The van der Waals surface area contributed by atoms with Gasteiger partial charge < -0.3 is 20.9 Å². The Balaban J connectivity index is 3.29. The first kappa shape index (κ1) is 17.7. The molecule has 0 saturated heterocycles. The number of carboxylic acid groups (broad SMARTS) is 1. The Bertz CT molecular complexity index is 582. The number of hydrogen-bond acceptors (Lipinski definition) is 3. The molecule has 0 aromatic heterocycles. The molecule has 120 valence electrons. The predicted octanol–water partition coefficient (Wildman–Crippen LogP) is 3.15. The van der Waals surface area contributed by atoms with Crippen molar-refractivity contribution in [3.8, 4) is 0 Å². The third-order valence-electron chi connectivity index (χ3n) is 3.22. The number of nitrogens with two attached hydrogens (primary N) is 1. The number of carbonyl (C=O) groups excluding carboxylic acids is 1. The molecule has 1 rings (SSSR count). The molecule has 4 N–H and O–H groups in total. The van der Waals surface area contributed by atoms with Gasteiger partial charge in [0.1, 0.15) is 0 Å². The van der Waals surface area contributed by atoms with Crippen molar-refractivity contribution in [2.75, 3.05) is 11.9 Å². The molecule has 0 radical (unpaired) electrons. The maximum atomic E-state index is 11.2. The fourth-order valence-corrected chi connectivity index (χ4v) is 2.23. The van der Waals surface area contributed by atoms with E-state index in [1.165, 1.54) is 0 Å². The van der Waals surface area contributed by atoms with E-state index < -0.39 is 12.0 Å². The highest BCUT2D eigenvalue weighted by Gasteiger charge is 2.14. The summed E-state index contributed by atoms with van der Waals surface area (Å²) in [5.74, 6) is -1.01. The van der Waals surface area contributed by atoms with Gasteiger partial charge in [0.15, 0.2) is 0 Å². The predicted molar refractivity (Wildman–Crippen MR) is 85.6 cm³/mol. The molecule has 0 heterocycles. The Labute approximate surface area is 130 Å². The van der Waals surface area contributed by atoms with Gasteiger partial charge in [0.05, 0.1) is 6.10 Å². The SMILES string of the molecule is CCO[C@H](C)c1ccc(/C(=C/C(=O)O)CC)cc1NC(N)=O. The second-order valence-corrected chi connectivity index (χ2v) is 4.75. The van der Waals surface area contributed by atoms with Crippen LogP contribution in [0.4, 0.5) is 10.5 Å². The number of aliphatic carboxylic acids is 1. The summed E-state index contributed by atoms with van der Waals surface area (Å²) >= 11 is 0. The Hall–Kier alpha value is -2.34. The zero-order valence-electron chi connectivity index (χ0n) is 13.1. The van der Waals surface area contributed by atoms with Crippen LogP contribution in [0, 0.1) is 0 Å². The fourth-order valence-electron chi connectivity index (χ4n) is 2.23. The summed E-state index contributed by atoms with van der Waals surface area (Å²) in [6.45, 7) is 6.17. The van der Waals surface area contributed by atoms with Crippen LogP contribution in [0.5, 0.6) is 0 Å². The minimum atomic E-state index is -1.01. The zero-order chi connectivity index (χ0) is 16.7. The van der Waals surface area contributed by atoms with Crippen molar-refractivity contribution < 1.29 is 19.4 Å². The average molecular weight is 306 g/mol. The highest BCUT2D eigenvalue weighted by molar-refractivity contribution is 5.92. The van der Waals surface area contributed by atoms with Crippen LogP contribution in [0.3, 0.4) is 0 Å². The summed E-state index contributed by atoms with van der Waals surface area (Å²) in [5, 5.41) is 11.5. The van der Waals surface area contributed by atoms with Crippen molar-refractivity contribution in [2.45, 2.75) is 33.3 Å². The van der Waals surface area contributed by atoms with E-state index in [0.29, 0.717) is 24.3 Å². The van der Waals surface area contributed by atoms with Crippen LogP contribution in [-0.4, -0.2) is 23.7 Å². The molecule has 0 aliphatic rings. The summed E-state index contributed by atoms with van der Waals surface area (Å²) in [4.78, 5) is 22.1. The van der Waals surface area contributed by atoms with Gasteiger partial charge in [-0.1, -0.05) is 19.1 Å². The summed E-state index contributed by atoms with van der Waals surface area (Å²) in [5.41, 5.74) is 7.90. The number of urea groups is 1. The molecule has 0 bridgehead atoms. The van der Waals surface area contributed by atoms with Crippen LogP contribution < -0.4 is 11.1 Å². The molecule has 0 spiro atoms. The Morgan fingerprint density at radius 3 is 2.59 bits per heavy atom. The Morgan fingerprint density at radius 2 is 2.09 bits per heavy atom. The zero-order valence-corrected chi connectivity index (χ0v) is 13.1. The van der Waals surface area contributed by atoms with Gasteiger partial charge in [-0.2, -0.15) is 0 Å². The number of ether oxygens (including phenoxy) is 1. The number of amides is 2. The normalized spacial score (nSPS) is 12.8. The number of rotatable bonds is 7. The molecular formula is C16H22N2O4. The van der Waals surface area contributed by atoms with Crippen LogP contribution in [0.25, 0.3) is 5.57 Å². The van der Waals surface area contributed by atoms with Crippen molar-refractivity contribution in [3.63, 3.8) is 0 Å². The molecule has 0 aliphatic heterocycles. The van der Waals surface area contributed by atoms with E-state index in [1.807, 2.05) is 32.9 Å². The Morgan fingerprint density at radius 1 is 1.41 bits per heavy atom. The lowest BCUT2D eigenvalue weighted by molar-refractivity contribution is -0.131. The maximum absolute atomic E-state index is 11.2. The number of hydrogen-bond donors (Lipinski definition) is 3. The molecule has 1 aromatic rings. The van der Waals surface area contributed by atoms with Crippen LogP contribution in [0.15, 0.2) is 24.3 Å². The van der Waals surface area contributed by atoms with Crippen molar-refractivity contribution in [2.24, 2.45) is 5.73 Å². The molecule has 1 aromatic carbocycles. The number of anilines is 1. The van der Waals surface area contributed by atoms with Gasteiger partial charge in [-0.05, 0) is 37.5 Å². The van der Waals surface area contributed by atoms with Crippen molar-refractivity contribution in [1.29, 1.82) is 0 Å². The second kappa shape index (κ2) is 8.19. The van der Waals surface area contributed by atoms with Crippen LogP contribution in [0.2, 0.25) is 0 Å². The Kier molecular flexibility index (Phi) is 6.59. The van der Waals surface area contributed by atoms with Crippen molar-refractivity contribution in [3.05, 3.63) is 35.4 Å². The van der Waals surface area contributed by atoms with E-state index in [1.54, 1.807) is 6.07 Å². The van der Waals surface area contributed by atoms with E-state index in [0.717, 1.165) is 17.2 Å². The summed E-state index contributed by atoms with van der Waals surface area (Å²) in [6, 6.07) is 4.66. The van der Waals surface area contributed by atoms with E-state index in [2.05, 4.69) is 5.32 Å². The van der Waals surface area contributed by atoms with Gasteiger partial charge >= 0.3 is 12.0 Å². The molecule has 1 atom stereocenters. The summed E-state index contributed by atoms with van der Waals surface area (Å²) in [7, 11) is 0. The molecular weight excluding hydrogens is 284 g/mol. The maximum Gasteiger partial charge on any atom is 0.328 e. The minimum absolute atomic E-state index is 0.213. The van der Waals surface area contributed by atoms with E-state index in [4.69, 9.17) is 15.6 Å². The lowest BCUT2D eigenvalue weighted by atomic mass is 9.98. The van der Waals surface area contributed by atoms with E-state index >= 15 is 0 Å². The molecule has 2 amide bonds. The third-order valence-corrected chi connectivity index (χ3v) is 3.22. The quantitative estimate of drug-likeness (QED) is 0.673. The number of benzene rings is 1. The number of nitrogens with one attached hydrogen (secondary N) is 1. The van der Waals surface area contributed by atoms with Crippen LogP contribution in [-0.2, 0) is 9.53 Å². The molecule has 22 heavy (non-hydrogen) atoms. The van der Waals surface area contributed by atoms with Gasteiger partial charge in [-0.3, -0.25) is 0 Å². The summed E-state index contributed by atoms with van der Waals surface area (Å²) < 4.78 is 5.54. The first-order chi connectivity index (χ1) is 10.4. The lowest BCUT2D eigenvalue weighted by Gasteiger charge is -2.18. The minimum Gasteiger partial charge on any atom is -0.478 e. The second-order valence-electron chi connectivity index (χ2n) is 4.75. The van der Waals surface area contributed by atoms with Gasteiger partial charge in [-0.25, -0.2) is 9.59 Å². The van der Waals surface area contributed by atoms with Gasteiger partial charge in [0, 0.05) is 23.9 Å². The number of primary amides is 1. The first-order valence-corrected chi connectivity index (χ1v) is 7.14. The molecule has 0 unspecified atom stereocenters. The molecule has 6 nitrogen and oxygen atoms in total. The number of carboxylic acids is 1.